The van der Waals surface area contributed by atoms with E-state index in [-0.39, 0.29) is 0 Å². The molecular weight excluding hydrogens is 290 g/mol. The minimum absolute atomic E-state index is 0.299. The predicted molar refractivity (Wildman–Crippen MR) is 86.8 cm³/mol. The molecule has 0 bridgehead atoms. The molecule has 3 nitrogen and oxygen atoms in total. The van der Waals surface area contributed by atoms with E-state index >= 15 is 0 Å². The second-order valence-corrected chi connectivity index (χ2v) is 6.20. The zero-order valence-corrected chi connectivity index (χ0v) is 13.2. The molecule has 0 aliphatic heterocycles. The van der Waals surface area contributed by atoms with Crippen molar-refractivity contribution in [1.82, 2.24) is 9.97 Å². The average Bonchev–Trinajstić information content (AvgIpc) is 2.44. The monoisotopic (exact) mass is 307 g/mol. The van der Waals surface area contributed by atoms with Gasteiger partial charge in [-0.1, -0.05) is 43.6 Å². The number of hydrogen-bond acceptors (Lipinski definition) is 4. The van der Waals surface area contributed by atoms with Crippen molar-refractivity contribution in [2.24, 2.45) is 0 Å². The first-order valence-electron chi connectivity index (χ1n) is 6.60. The molecule has 106 valence electrons. The Kier molecular flexibility index (Phi) is 5.68. The van der Waals surface area contributed by atoms with E-state index in [9.17, 15) is 0 Å². The Morgan fingerprint density at radius 3 is 2.65 bits per heavy atom. The molecule has 2 rings (SSSR count). The molecule has 0 saturated heterocycles. The molecule has 20 heavy (non-hydrogen) atoms. The van der Waals surface area contributed by atoms with E-state index in [1.165, 1.54) is 11.2 Å². The standard InChI is InChI=1S/C15H18ClN3S/c1-11(2)13-14(16)18-10-19-15(13)17-8-9-20-12-6-4-3-5-7-12/h3-7,10-11H,8-9H2,1-2H3,(H,17,18,19). The van der Waals surface area contributed by atoms with Gasteiger partial charge in [-0.2, -0.15) is 0 Å². The zero-order chi connectivity index (χ0) is 14.4. The molecule has 0 aliphatic rings. The molecule has 0 atom stereocenters. The minimum atomic E-state index is 0.299. The van der Waals surface area contributed by atoms with E-state index < -0.39 is 0 Å². The molecule has 1 aromatic heterocycles. The number of rotatable bonds is 6. The summed E-state index contributed by atoms with van der Waals surface area (Å²) in [4.78, 5) is 9.61. The van der Waals surface area contributed by atoms with Gasteiger partial charge < -0.3 is 5.32 Å². The molecular formula is C15H18ClN3S. The largest absolute Gasteiger partial charge is 0.369 e. The number of nitrogens with one attached hydrogen (secondary N) is 1. The van der Waals surface area contributed by atoms with Crippen molar-refractivity contribution in [3.05, 3.63) is 47.4 Å². The maximum atomic E-state index is 6.14. The topological polar surface area (TPSA) is 37.8 Å². The molecule has 0 fully saturated rings. The van der Waals surface area contributed by atoms with Crippen LogP contribution in [0, 0.1) is 0 Å². The Morgan fingerprint density at radius 2 is 1.95 bits per heavy atom. The van der Waals surface area contributed by atoms with Crippen LogP contribution in [-0.4, -0.2) is 22.3 Å². The average molecular weight is 308 g/mol. The highest BCUT2D eigenvalue weighted by Gasteiger charge is 2.12. The SMILES string of the molecule is CC(C)c1c(Cl)ncnc1NCCSc1ccccc1. The fraction of sp³-hybridized carbons (Fsp3) is 0.333. The lowest BCUT2D eigenvalue weighted by molar-refractivity contribution is 0.846. The van der Waals surface area contributed by atoms with Gasteiger partial charge in [0, 0.05) is 22.8 Å². The lowest BCUT2D eigenvalue weighted by Gasteiger charge is -2.14. The van der Waals surface area contributed by atoms with Gasteiger partial charge in [0.25, 0.3) is 0 Å². The number of benzene rings is 1. The summed E-state index contributed by atoms with van der Waals surface area (Å²) in [7, 11) is 0. The van der Waals surface area contributed by atoms with Crippen molar-refractivity contribution < 1.29 is 0 Å². The third kappa shape index (κ3) is 4.12. The fourth-order valence-electron chi connectivity index (χ4n) is 1.88. The van der Waals surface area contributed by atoms with Crippen LogP contribution in [0.1, 0.15) is 25.3 Å². The summed E-state index contributed by atoms with van der Waals surface area (Å²) in [5.74, 6) is 2.12. The molecule has 0 amide bonds. The Morgan fingerprint density at radius 1 is 1.20 bits per heavy atom. The highest BCUT2D eigenvalue weighted by Crippen LogP contribution is 2.28. The van der Waals surface area contributed by atoms with Gasteiger partial charge in [0.1, 0.15) is 17.3 Å². The molecule has 0 saturated carbocycles. The van der Waals surface area contributed by atoms with Crippen LogP contribution in [0.15, 0.2) is 41.6 Å². The lowest BCUT2D eigenvalue weighted by Crippen LogP contribution is -2.10. The van der Waals surface area contributed by atoms with E-state index in [0.29, 0.717) is 11.1 Å². The van der Waals surface area contributed by atoms with E-state index in [1.54, 1.807) is 0 Å². The van der Waals surface area contributed by atoms with E-state index in [1.807, 2.05) is 17.8 Å². The van der Waals surface area contributed by atoms with Gasteiger partial charge in [0.15, 0.2) is 0 Å². The Balaban J connectivity index is 1.90. The highest BCUT2D eigenvalue weighted by molar-refractivity contribution is 7.99. The third-order valence-corrected chi connectivity index (χ3v) is 4.13. The maximum absolute atomic E-state index is 6.14. The quantitative estimate of drug-likeness (QED) is 0.486. The summed E-state index contributed by atoms with van der Waals surface area (Å²) >= 11 is 7.96. The lowest BCUT2D eigenvalue weighted by atomic mass is 10.1. The van der Waals surface area contributed by atoms with Gasteiger partial charge in [-0.3, -0.25) is 0 Å². The van der Waals surface area contributed by atoms with Gasteiger partial charge in [0.2, 0.25) is 0 Å². The van der Waals surface area contributed by atoms with E-state index in [2.05, 4.69) is 53.4 Å². The number of nitrogens with zero attached hydrogens (tertiary/aromatic N) is 2. The van der Waals surface area contributed by atoms with Crippen molar-refractivity contribution in [1.29, 1.82) is 0 Å². The Labute approximate surface area is 129 Å². The minimum Gasteiger partial charge on any atom is -0.369 e. The maximum Gasteiger partial charge on any atom is 0.138 e. The molecule has 1 N–H and O–H groups in total. The molecule has 0 aliphatic carbocycles. The summed E-state index contributed by atoms with van der Waals surface area (Å²) in [5, 5.41) is 3.88. The van der Waals surface area contributed by atoms with Gasteiger partial charge in [-0.25, -0.2) is 9.97 Å². The first kappa shape index (κ1) is 15.1. The summed E-state index contributed by atoms with van der Waals surface area (Å²) in [6.45, 7) is 5.02. The predicted octanol–water partition coefficient (Wildman–Crippen LogP) is 4.46. The molecule has 5 heteroatoms. The molecule has 2 aromatic rings. The number of aromatic nitrogens is 2. The van der Waals surface area contributed by atoms with Crippen molar-refractivity contribution in [2.75, 3.05) is 17.6 Å². The first-order valence-corrected chi connectivity index (χ1v) is 7.97. The fourth-order valence-corrected chi connectivity index (χ4v) is 3.02. The van der Waals surface area contributed by atoms with Crippen LogP contribution >= 0.6 is 23.4 Å². The van der Waals surface area contributed by atoms with Crippen molar-refractivity contribution in [3.63, 3.8) is 0 Å². The van der Waals surface area contributed by atoms with Gasteiger partial charge in [0.05, 0.1) is 0 Å². The van der Waals surface area contributed by atoms with Gasteiger partial charge in [-0.05, 0) is 18.1 Å². The van der Waals surface area contributed by atoms with Crippen LogP contribution < -0.4 is 5.32 Å². The molecule has 0 spiro atoms. The smallest absolute Gasteiger partial charge is 0.138 e. The van der Waals surface area contributed by atoms with Gasteiger partial charge >= 0.3 is 0 Å². The van der Waals surface area contributed by atoms with Gasteiger partial charge in [-0.15, -0.1) is 11.8 Å². The summed E-state index contributed by atoms with van der Waals surface area (Å²) in [6, 6.07) is 10.4. The van der Waals surface area contributed by atoms with Crippen LogP contribution in [0.3, 0.4) is 0 Å². The molecule has 1 heterocycles. The van der Waals surface area contributed by atoms with Crippen LogP contribution in [0.5, 0.6) is 0 Å². The van der Waals surface area contributed by atoms with Crippen molar-refractivity contribution >= 4 is 29.2 Å². The number of anilines is 1. The Hall–Kier alpha value is -1.26. The summed E-state index contributed by atoms with van der Waals surface area (Å²) < 4.78 is 0. The van der Waals surface area contributed by atoms with Crippen LogP contribution in [-0.2, 0) is 0 Å². The number of thioether (sulfide) groups is 1. The number of hydrogen-bond donors (Lipinski definition) is 1. The van der Waals surface area contributed by atoms with Crippen LogP contribution in [0.4, 0.5) is 5.82 Å². The highest BCUT2D eigenvalue weighted by atomic mass is 35.5. The first-order chi connectivity index (χ1) is 9.68. The second-order valence-electron chi connectivity index (χ2n) is 4.67. The second kappa shape index (κ2) is 7.50. The van der Waals surface area contributed by atoms with E-state index in [0.717, 1.165) is 23.7 Å². The normalized spacial score (nSPS) is 10.8. The molecule has 0 unspecified atom stereocenters. The van der Waals surface area contributed by atoms with E-state index in [4.69, 9.17) is 11.6 Å². The third-order valence-electron chi connectivity index (χ3n) is 2.82. The zero-order valence-electron chi connectivity index (χ0n) is 11.6. The Bertz CT molecular complexity index is 546. The molecule has 1 aromatic carbocycles. The number of halogens is 1. The summed E-state index contributed by atoms with van der Waals surface area (Å²) in [5.41, 5.74) is 0.985. The van der Waals surface area contributed by atoms with Crippen LogP contribution in [0.2, 0.25) is 5.15 Å². The molecule has 0 radical (unpaired) electrons. The van der Waals surface area contributed by atoms with Crippen molar-refractivity contribution in [2.45, 2.75) is 24.7 Å². The van der Waals surface area contributed by atoms with Crippen molar-refractivity contribution in [3.8, 4) is 0 Å². The summed E-state index contributed by atoms with van der Waals surface area (Å²) in [6.07, 6.45) is 1.50. The van der Waals surface area contributed by atoms with Crippen LogP contribution in [0.25, 0.3) is 0 Å².